The van der Waals surface area contributed by atoms with Crippen LogP contribution in [0.1, 0.15) is 15.9 Å². The molecule has 8 heteroatoms. The van der Waals surface area contributed by atoms with E-state index in [1.807, 2.05) is 164 Å². The van der Waals surface area contributed by atoms with Crippen LogP contribution >= 0.6 is 0 Å². The molecule has 0 aliphatic carbocycles. The molecule has 0 aliphatic heterocycles. The minimum Gasteiger partial charge on any atom is -0.478 e. The summed E-state index contributed by atoms with van der Waals surface area (Å²) in [7, 11) is 2.53. The number of methoxy groups -OCH3 is 2. The molecule has 0 bridgehead atoms. The third-order valence-electron chi connectivity index (χ3n) is 9.74. The third-order valence-corrected chi connectivity index (χ3v) is 9.74. The fraction of sp³-hybridized carbons (Fsp3) is 0.0784. The van der Waals surface area contributed by atoms with Gasteiger partial charge in [0, 0.05) is 11.1 Å². The first-order valence-electron chi connectivity index (χ1n) is 18.9. The second kappa shape index (κ2) is 18.5. The van der Waals surface area contributed by atoms with Crippen LogP contribution in [0.3, 0.4) is 0 Å². The fourth-order valence-corrected chi connectivity index (χ4v) is 6.74. The molecule has 8 aromatic carbocycles. The number of aromatic carboxylic acids is 1. The lowest BCUT2D eigenvalue weighted by Crippen LogP contribution is -2.28. The van der Waals surface area contributed by atoms with Gasteiger partial charge in [-0.25, -0.2) is 4.79 Å². The number of rotatable bonds is 11. The summed E-state index contributed by atoms with van der Waals surface area (Å²) >= 11 is 0. The smallest absolute Gasteiger partial charge is 0.335 e. The molecule has 0 radical (unpaired) electrons. The summed E-state index contributed by atoms with van der Waals surface area (Å²) < 4.78 is 21.7. The van der Waals surface area contributed by atoms with Gasteiger partial charge >= 0.3 is 17.9 Å². The summed E-state index contributed by atoms with van der Waals surface area (Å²) in [6, 6.07) is 58.3. The number of para-hydroxylation sites is 4. The van der Waals surface area contributed by atoms with Crippen molar-refractivity contribution < 1.29 is 38.4 Å². The Balaban J connectivity index is 0.000000184. The number of carboxylic acid groups (broad SMARTS) is 1. The van der Waals surface area contributed by atoms with E-state index in [-0.39, 0.29) is 12.0 Å². The van der Waals surface area contributed by atoms with Crippen molar-refractivity contribution in [3.8, 4) is 45.3 Å². The van der Waals surface area contributed by atoms with Gasteiger partial charge in [-0.2, -0.15) is 0 Å². The molecular formula is C51H40O8. The van der Waals surface area contributed by atoms with Gasteiger partial charge in [0.05, 0.1) is 19.8 Å². The summed E-state index contributed by atoms with van der Waals surface area (Å²) in [6.07, 6.45) is 0.213. The van der Waals surface area contributed by atoms with E-state index in [2.05, 4.69) is 6.07 Å². The zero-order chi connectivity index (χ0) is 41.1. The van der Waals surface area contributed by atoms with Gasteiger partial charge in [-0.05, 0) is 105 Å². The van der Waals surface area contributed by atoms with Crippen molar-refractivity contribution in [2.75, 3.05) is 14.2 Å². The minimum atomic E-state index is -0.987. The molecule has 0 atom stereocenters. The molecule has 0 saturated carbocycles. The molecule has 0 amide bonds. The van der Waals surface area contributed by atoms with Crippen LogP contribution in [0.25, 0.3) is 43.8 Å². The number of hydrogen-bond acceptors (Lipinski definition) is 7. The zero-order valence-corrected chi connectivity index (χ0v) is 32.4. The summed E-state index contributed by atoms with van der Waals surface area (Å²) in [4.78, 5) is 35.2. The fourth-order valence-electron chi connectivity index (χ4n) is 6.74. The molecule has 0 aromatic heterocycles. The Morgan fingerprint density at radius 2 is 0.898 bits per heavy atom. The Hall–Kier alpha value is -7.71. The van der Waals surface area contributed by atoms with Crippen molar-refractivity contribution in [2.45, 2.75) is 6.42 Å². The van der Waals surface area contributed by atoms with E-state index in [9.17, 15) is 14.4 Å². The van der Waals surface area contributed by atoms with E-state index in [1.54, 1.807) is 12.1 Å². The van der Waals surface area contributed by atoms with Gasteiger partial charge in [-0.3, -0.25) is 9.59 Å². The lowest BCUT2D eigenvalue weighted by atomic mass is 9.95. The first kappa shape index (κ1) is 39.5. The molecular weight excluding hydrogens is 741 g/mol. The Labute approximate surface area is 341 Å². The normalized spacial score (nSPS) is 10.7. The number of fused-ring (bicyclic) bond motifs is 2. The maximum atomic E-state index is 12.0. The molecule has 0 fully saturated rings. The number of carboxylic acids is 1. The van der Waals surface area contributed by atoms with Crippen LogP contribution in [0.2, 0.25) is 0 Å². The van der Waals surface area contributed by atoms with Crippen molar-refractivity contribution in [1.82, 2.24) is 0 Å². The summed E-state index contributed by atoms with van der Waals surface area (Å²) in [5.74, 6) is 0.00261. The number of hydrogen-bond donors (Lipinski definition) is 1. The first-order valence-corrected chi connectivity index (χ1v) is 18.9. The monoisotopic (exact) mass is 780 g/mol. The highest BCUT2D eigenvalue weighted by Crippen LogP contribution is 2.36. The van der Waals surface area contributed by atoms with E-state index in [1.165, 1.54) is 14.2 Å². The second-order valence-corrected chi connectivity index (χ2v) is 13.6. The molecule has 292 valence electrons. The molecule has 8 nitrogen and oxygen atoms in total. The molecule has 0 spiro atoms. The Bertz CT molecular complexity index is 2730. The van der Waals surface area contributed by atoms with Gasteiger partial charge in [0.2, 0.25) is 0 Å². The number of esters is 2. The number of benzene rings is 8. The van der Waals surface area contributed by atoms with Gasteiger partial charge in [-0.15, -0.1) is 0 Å². The number of ether oxygens (including phenoxy) is 4. The molecule has 8 aromatic rings. The molecule has 8 rings (SSSR count). The highest BCUT2D eigenvalue weighted by molar-refractivity contribution is 5.97. The zero-order valence-electron chi connectivity index (χ0n) is 32.4. The van der Waals surface area contributed by atoms with E-state index in [4.69, 9.17) is 24.1 Å². The van der Waals surface area contributed by atoms with Crippen molar-refractivity contribution in [3.05, 3.63) is 193 Å². The average Bonchev–Trinajstić information content (AvgIpc) is 3.28. The minimum absolute atomic E-state index is 0.213. The third kappa shape index (κ3) is 9.64. The van der Waals surface area contributed by atoms with Gasteiger partial charge in [0.25, 0.3) is 0 Å². The number of carbonyl (C=O) groups excluding carboxylic acids is 2. The predicted molar refractivity (Wildman–Crippen MR) is 230 cm³/mol. The van der Waals surface area contributed by atoms with Gasteiger partial charge in [-0.1, -0.05) is 121 Å². The van der Waals surface area contributed by atoms with Crippen LogP contribution in [0.15, 0.2) is 182 Å². The van der Waals surface area contributed by atoms with Crippen LogP contribution in [0, 0.1) is 5.92 Å². The summed E-state index contributed by atoms with van der Waals surface area (Å²) in [5.41, 5.74) is 5.17. The summed E-state index contributed by atoms with van der Waals surface area (Å²) in [6.45, 7) is 0. The van der Waals surface area contributed by atoms with Crippen LogP contribution < -0.4 is 9.47 Å². The Kier molecular flexibility index (Phi) is 12.4. The lowest BCUT2D eigenvalue weighted by Gasteiger charge is -2.14. The largest absolute Gasteiger partial charge is 0.478 e. The molecule has 0 aliphatic rings. The molecule has 1 N–H and O–H groups in total. The molecule has 59 heavy (non-hydrogen) atoms. The van der Waals surface area contributed by atoms with E-state index in [0.29, 0.717) is 0 Å². The van der Waals surface area contributed by atoms with E-state index >= 15 is 0 Å². The van der Waals surface area contributed by atoms with Gasteiger partial charge in [0.1, 0.15) is 23.0 Å². The topological polar surface area (TPSA) is 108 Å². The van der Waals surface area contributed by atoms with Crippen LogP contribution in [-0.2, 0) is 25.5 Å². The van der Waals surface area contributed by atoms with E-state index in [0.717, 1.165) is 72.4 Å². The van der Waals surface area contributed by atoms with Crippen molar-refractivity contribution in [1.29, 1.82) is 0 Å². The van der Waals surface area contributed by atoms with Crippen molar-refractivity contribution >= 4 is 39.5 Å². The molecule has 0 unspecified atom stereocenters. The number of carbonyl (C=O) groups is 3. The molecule has 0 saturated heterocycles. The van der Waals surface area contributed by atoms with Crippen LogP contribution in [0.5, 0.6) is 23.0 Å². The lowest BCUT2D eigenvalue weighted by molar-refractivity contribution is -0.158. The molecule has 0 heterocycles. The first-order chi connectivity index (χ1) is 28.8. The highest BCUT2D eigenvalue weighted by Gasteiger charge is 2.29. The predicted octanol–water partition coefficient (Wildman–Crippen LogP) is 11.8. The van der Waals surface area contributed by atoms with Crippen molar-refractivity contribution in [2.24, 2.45) is 5.92 Å². The van der Waals surface area contributed by atoms with Crippen molar-refractivity contribution in [3.63, 3.8) is 0 Å². The SMILES string of the molecule is COC(=O)C(Cc1ccc2cc(-c3ccccc3Oc3ccccc3)ccc2c1)C(=O)OC.O=C(O)c1ccc2cc(-c3ccccc3Oc3ccccc3)ccc2c1. The Morgan fingerprint density at radius 1 is 0.475 bits per heavy atom. The summed E-state index contributed by atoms with van der Waals surface area (Å²) in [5, 5.41) is 13.1. The van der Waals surface area contributed by atoms with Crippen LogP contribution in [0.4, 0.5) is 0 Å². The van der Waals surface area contributed by atoms with Gasteiger partial charge in [0.15, 0.2) is 5.92 Å². The maximum absolute atomic E-state index is 12.0. The van der Waals surface area contributed by atoms with Gasteiger partial charge < -0.3 is 24.1 Å². The van der Waals surface area contributed by atoms with Crippen LogP contribution in [-0.4, -0.2) is 37.2 Å². The standard InChI is InChI=1S/C28H24O5.C23H16O3/c1-31-27(29)25(28(30)32-2)17-19-12-13-21-18-22(15-14-20(21)16-19)24-10-6-7-11-26(24)33-23-8-4-3-5-9-23;24-23(25)19-13-11-16-14-18(12-10-17(16)15-19)21-8-4-5-9-22(21)26-20-6-2-1-3-7-20/h3-16,18,25H,17H2,1-2H3;1-15H,(H,24,25). The highest BCUT2D eigenvalue weighted by atomic mass is 16.5. The second-order valence-electron chi connectivity index (χ2n) is 13.6. The van der Waals surface area contributed by atoms with E-state index < -0.39 is 23.8 Å². The maximum Gasteiger partial charge on any atom is 0.335 e. The quantitative estimate of drug-likeness (QED) is 0.102. The average molecular weight is 781 g/mol. The Morgan fingerprint density at radius 3 is 1.39 bits per heavy atom.